The van der Waals surface area contributed by atoms with Gasteiger partial charge in [0.1, 0.15) is 0 Å². The quantitative estimate of drug-likeness (QED) is 0.418. The molecular formula is C6H9. The van der Waals surface area contributed by atoms with Gasteiger partial charge in [0.2, 0.25) is 0 Å². The highest BCUT2D eigenvalue weighted by atomic mass is 14.1. The zero-order valence-corrected chi connectivity index (χ0v) is 3.91. The molecule has 6 heavy (non-hydrogen) atoms. The van der Waals surface area contributed by atoms with E-state index >= 15 is 0 Å². The molecular weight excluding hydrogens is 72.1 g/mol. The Kier molecular flexibility index (Phi) is 0.952. The Morgan fingerprint density at radius 1 is 1.67 bits per heavy atom. The lowest BCUT2D eigenvalue weighted by Crippen LogP contribution is -1.61. The van der Waals surface area contributed by atoms with Crippen molar-refractivity contribution in [1.29, 1.82) is 0 Å². The number of allylic oxidation sites excluding steroid dienone is 1. The Morgan fingerprint density at radius 3 is 2.67 bits per heavy atom. The van der Waals surface area contributed by atoms with E-state index in [1.54, 1.807) is 0 Å². The summed E-state index contributed by atoms with van der Waals surface area (Å²) < 4.78 is 0. The zero-order valence-electron chi connectivity index (χ0n) is 3.91. The van der Waals surface area contributed by atoms with Gasteiger partial charge in [-0.05, 0) is 25.7 Å². The molecule has 0 unspecified atom stereocenters. The van der Waals surface area contributed by atoms with E-state index in [4.69, 9.17) is 0 Å². The van der Waals surface area contributed by atoms with Gasteiger partial charge in [-0.2, -0.15) is 0 Å². The molecule has 0 aliphatic heterocycles. The lowest BCUT2D eigenvalue weighted by atomic mass is 10.3. The first-order chi connectivity index (χ1) is 2.89. The molecule has 1 aliphatic rings. The second-order valence-corrected chi connectivity index (χ2v) is 1.75. The largest absolute Gasteiger partial charge is 0.0996 e. The molecule has 0 nitrogen and oxygen atoms in total. The third-order valence-corrected chi connectivity index (χ3v) is 1.14. The minimum atomic E-state index is 1.24. The average molecular weight is 81.1 g/mol. The fourth-order valence-electron chi connectivity index (χ4n) is 0.737. The number of hydrogen-bond acceptors (Lipinski definition) is 0. The van der Waals surface area contributed by atoms with Crippen LogP contribution < -0.4 is 0 Å². The van der Waals surface area contributed by atoms with Gasteiger partial charge in [-0.25, -0.2) is 0 Å². The van der Waals surface area contributed by atoms with Crippen molar-refractivity contribution in [2.75, 3.05) is 0 Å². The van der Waals surface area contributed by atoms with Gasteiger partial charge in [0, 0.05) is 0 Å². The Hall–Kier alpha value is -0.260. The van der Waals surface area contributed by atoms with Crippen molar-refractivity contribution in [2.45, 2.75) is 19.3 Å². The van der Waals surface area contributed by atoms with Crippen LogP contribution in [-0.2, 0) is 0 Å². The molecule has 0 heterocycles. The molecule has 33 valence electrons. The molecule has 1 radical (unpaired) electrons. The van der Waals surface area contributed by atoms with Crippen LogP contribution in [0, 0.1) is 6.42 Å². The summed E-state index contributed by atoms with van der Waals surface area (Å²) in [6, 6.07) is 0. The minimum absolute atomic E-state index is 1.24. The summed E-state index contributed by atoms with van der Waals surface area (Å²) in [5.74, 6) is 0. The number of hydrogen-bond donors (Lipinski definition) is 0. The molecule has 1 aliphatic carbocycles. The highest BCUT2D eigenvalue weighted by Gasteiger charge is 2.01. The number of rotatable bonds is 0. The molecule has 1 fully saturated rings. The van der Waals surface area contributed by atoms with Crippen molar-refractivity contribution in [3.05, 3.63) is 18.6 Å². The highest BCUT2D eigenvalue weighted by Crippen LogP contribution is 2.19. The molecule has 0 spiro atoms. The summed E-state index contributed by atoms with van der Waals surface area (Å²) in [7, 11) is 0. The van der Waals surface area contributed by atoms with Crippen LogP contribution in [0.3, 0.4) is 0 Å². The second-order valence-electron chi connectivity index (χ2n) is 1.75. The maximum atomic E-state index is 3.80. The average Bonchev–Trinajstić information content (AvgIpc) is 1.86. The molecule has 0 aromatic carbocycles. The Balaban J connectivity index is 2.37. The van der Waals surface area contributed by atoms with Crippen LogP contribution in [0.4, 0.5) is 0 Å². The van der Waals surface area contributed by atoms with E-state index in [0.29, 0.717) is 0 Å². The van der Waals surface area contributed by atoms with Crippen molar-refractivity contribution in [2.24, 2.45) is 0 Å². The van der Waals surface area contributed by atoms with Gasteiger partial charge < -0.3 is 0 Å². The normalized spacial score (nSPS) is 22.3. The van der Waals surface area contributed by atoms with Crippen LogP contribution in [-0.4, -0.2) is 0 Å². The van der Waals surface area contributed by atoms with Crippen molar-refractivity contribution in [3.63, 3.8) is 0 Å². The van der Waals surface area contributed by atoms with Crippen LogP contribution in [0.2, 0.25) is 0 Å². The fraction of sp³-hybridized carbons (Fsp3) is 0.500. The van der Waals surface area contributed by atoms with Gasteiger partial charge >= 0.3 is 0 Å². The van der Waals surface area contributed by atoms with Crippen LogP contribution in [0.25, 0.3) is 0 Å². The lowest BCUT2D eigenvalue weighted by Gasteiger charge is -1.79. The molecule has 0 saturated heterocycles. The van der Waals surface area contributed by atoms with Gasteiger partial charge in [0.05, 0.1) is 0 Å². The maximum absolute atomic E-state index is 3.80. The minimum Gasteiger partial charge on any atom is -0.0996 e. The van der Waals surface area contributed by atoms with E-state index in [-0.39, 0.29) is 0 Å². The van der Waals surface area contributed by atoms with Crippen molar-refractivity contribution in [1.82, 2.24) is 0 Å². The monoisotopic (exact) mass is 81.1 g/mol. The molecule has 0 N–H and O–H groups in total. The first-order valence-corrected chi connectivity index (χ1v) is 2.40. The zero-order chi connectivity index (χ0) is 4.41. The standard InChI is InChI=1S/C6H9/c1-6-4-2-3-5-6/h4H,1-3,5H2. The summed E-state index contributed by atoms with van der Waals surface area (Å²) >= 11 is 0. The highest BCUT2D eigenvalue weighted by molar-refractivity contribution is 5.12. The van der Waals surface area contributed by atoms with E-state index in [1.807, 2.05) is 0 Å². The first-order valence-electron chi connectivity index (χ1n) is 2.40. The molecule has 1 rings (SSSR count). The Morgan fingerprint density at radius 2 is 2.50 bits per heavy atom. The predicted octanol–water partition coefficient (Wildman–Crippen LogP) is 1.93. The smallest absolute Gasteiger partial charge is 0.0140 e. The van der Waals surface area contributed by atoms with E-state index in [9.17, 15) is 0 Å². The van der Waals surface area contributed by atoms with Crippen molar-refractivity contribution < 1.29 is 0 Å². The summed E-state index contributed by atoms with van der Waals surface area (Å²) in [6.45, 7) is 3.80. The maximum Gasteiger partial charge on any atom is -0.0140 e. The van der Waals surface area contributed by atoms with E-state index in [1.165, 1.54) is 24.8 Å². The van der Waals surface area contributed by atoms with Gasteiger partial charge in [-0.3, -0.25) is 0 Å². The van der Waals surface area contributed by atoms with E-state index in [2.05, 4.69) is 13.0 Å². The Bertz CT molecular complexity index is 54.4. The topological polar surface area (TPSA) is 0 Å². The predicted molar refractivity (Wildman–Crippen MR) is 27.3 cm³/mol. The Labute approximate surface area is 38.9 Å². The third-order valence-electron chi connectivity index (χ3n) is 1.14. The van der Waals surface area contributed by atoms with Crippen LogP contribution in [0.1, 0.15) is 19.3 Å². The summed E-state index contributed by atoms with van der Waals surface area (Å²) in [6.07, 6.45) is 6.04. The van der Waals surface area contributed by atoms with Gasteiger partial charge in [0.15, 0.2) is 0 Å². The van der Waals surface area contributed by atoms with Gasteiger partial charge in [-0.15, -0.1) is 0 Å². The fourth-order valence-corrected chi connectivity index (χ4v) is 0.737. The van der Waals surface area contributed by atoms with Crippen molar-refractivity contribution >= 4 is 0 Å². The molecule has 0 atom stereocenters. The molecule has 0 amide bonds. The van der Waals surface area contributed by atoms with Crippen molar-refractivity contribution in [3.8, 4) is 0 Å². The van der Waals surface area contributed by atoms with Gasteiger partial charge in [0.25, 0.3) is 0 Å². The molecule has 0 aromatic rings. The summed E-state index contributed by atoms with van der Waals surface area (Å²) in [5.41, 5.74) is 1.33. The van der Waals surface area contributed by atoms with Crippen LogP contribution in [0.5, 0.6) is 0 Å². The lowest BCUT2D eigenvalue weighted by molar-refractivity contribution is 0.932. The van der Waals surface area contributed by atoms with E-state index < -0.39 is 0 Å². The first kappa shape index (κ1) is 3.91. The second kappa shape index (κ2) is 1.46. The summed E-state index contributed by atoms with van der Waals surface area (Å²) in [4.78, 5) is 0. The molecule has 0 heteroatoms. The summed E-state index contributed by atoms with van der Waals surface area (Å²) in [5, 5.41) is 0. The van der Waals surface area contributed by atoms with E-state index in [0.717, 1.165) is 0 Å². The van der Waals surface area contributed by atoms with Crippen LogP contribution in [0.15, 0.2) is 12.2 Å². The molecule has 1 saturated carbocycles. The molecule has 0 aromatic heterocycles. The van der Waals surface area contributed by atoms with Gasteiger partial charge in [-0.1, -0.05) is 12.2 Å². The molecule has 0 bridgehead atoms. The van der Waals surface area contributed by atoms with Crippen LogP contribution >= 0.6 is 0 Å². The SMILES string of the molecule is C=C1[CH]CCC1. The third kappa shape index (κ3) is 0.618.